The lowest BCUT2D eigenvalue weighted by molar-refractivity contribution is -0.0235. The van der Waals surface area contributed by atoms with Crippen molar-refractivity contribution in [2.24, 2.45) is 0 Å². The molecule has 0 bridgehead atoms. The van der Waals surface area contributed by atoms with E-state index in [-0.39, 0.29) is 12.4 Å². The van der Waals surface area contributed by atoms with E-state index in [1.165, 1.54) is 25.7 Å². The number of rotatable bonds is 0. The molecule has 2 aliphatic rings. The minimum absolute atomic E-state index is 0. The van der Waals surface area contributed by atoms with Gasteiger partial charge in [0.2, 0.25) is 0 Å². The van der Waals surface area contributed by atoms with Crippen molar-refractivity contribution in [3.05, 3.63) is 0 Å². The van der Waals surface area contributed by atoms with Crippen LogP contribution in [0.1, 0.15) is 25.7 Å². The SMILES string of the molecule is C1CC[C@H]2OCCN[C@H]2C1.Cl. The van der Waals surface area contributed by atoms with Crippen LogP contribution in [0.3, 0.4) is 0 Å². The van der Waals surface area contributed by atoms with Crippen molar-refractivity contribution in [2.75, 3.05) is 13.2 Å². The molecule has 1 aliphatic heterocycles. The molecule has 0 aromatic carbocycles. The maximum Gasteiger partial charge on any atom is 0.0728 e. The molecule has 1 N–H and O–H groups in total. The number of morpholine rings is 1. The van der Waals surface area contributed by atoms with E-state index >= 15 is 0 Å². The zero-order valence-corrected chi connectivity index (χ0v) is 7.53. The van der Waals surface area contributed by atoms with E-state index in [2.05, 4.69) is 5.32 Å². The Hall–Kier alpha value is 0.210. The quantitative estimate of drug-likeness (QED) is 0.603. The predicted octanol–water partition coefficient (Wildman–Crippen LogP) is 1.34. The Morgan fingerprint density at radius 2 is 2.00 bits per heavy atom. The molecule has 1 saturated heterocycles. The van der Waals surface area contributed by atoms with E-state index in [1.54, 1.807) is 0 Å². The largest absolute Gasteiger partial charge is 0.375 e. The molecule has 1 saturated carbocycles. The summed E-state index contributed by atoms with van der Waals surface area (Å²) in [4.78, 5) is 0. The lowest BCUT2D eigenvalue weighted by atomic mass is 9.92. The highest BCUT2D eigenvalue weighted by Gasteiger charge is 2.27. The van der Waals surface area contributed by atoms with Gasteiger partial charge in [-0.05, 0) is 12.8 Å². The topological polar surface area (TPSA) is 21.3 Å². The molecular formula is C8H16ClNO. The molecule has 2 atom stereocenters. The van der Waals surface area contributed by atoms with E-state index in [0.29, 0.717) is 12.1 Å². The molecule has 1 aliphatic carbocycles. The van der Waals surface area contributed by atoms with Gasteiger partial charge in [0.25, 0.3) is 0 Å². The van der Waals surface area contributed by atoms with Crippen molar-refractivity contribution in [1.29, 1.82) is 0 Å². The Bertz CT molecular complexity index is 94.7. The number of hydrogen-bond donors (Lipinski definition) is 1. The summed E-state index contributed by atoms with van der Waals surface area (Å²) in [6.07, 6.45) is 5.89. The Balaban J connectivity index is 0.000000605. The summed E-state index contributed by atoms with van der Waals surface area (Å²) >= 11 is 0. The first-order chi connectivity index (χ1) is 4.97. The fourth-order valence-corrected chi connectivity index (χ4v) is 1.98. The van der Waals surface area contributed by atoms with Crippen LogP contribution >= 0.6 is 12.4 Å². The van der Waals surface area contributed by atoms with Gasteiger partial charge < -0.3 is 10.1 Å². The average molecular weight is 178 g/mol. The van der Waals surface area contributed by atoms with Crippen molar-refractivity contribution in [1.82, 2.24) is 5.32 Å². The normalized spacial score (nSPS) is 37.1. The third-order valence-electron chi connectivity index (χ3n) is 2.54. The van der Waals surface area contributed by atoms with Crippen molar-refractivity contribution in [3.8, 4) is 0 Å². The van der Waals surface area contributed by atoms with Crippen molar-refractivity contribution < 1.29 is 4.74 Å². The van der Waals surface area contributed by atoms with Crippen LogP contribution in [0.25, 0.3) is 0 Å². The molecule has 0 unspecified atom stereocenters. The molecule has 0 amide bonds. The Labute approximate surface area is 74.1 Å². The highest BCUT2D eigenvalue weighted by molar-refractivity contribution is 5.85. The predicted molar refractivity (Wildman–Crippen MR) is 47.2 cm³/mol. The molecule has 2 nitrogen and oxygen atoms in total. The number of halogens is 1. The second-order valence-corrected chi connectivity index (χ2v) is 3.25. The van der Waals surface area contributed by atoms with Gasteiger partial charge in [-0.3, -0.25) is 0 Å². The highest BCUT2D eigenvalue weighted by Crippen LogP contribution is 2.22. The third kappa shape index (κ3) is 2.08. The summed E-state index contributed by atoms with van der Waals surface area (Å²) in [6.45, 7) is 1.97. The molecule has 3 heteroatoms. The van der Waals surface area contributed by atoms with Gasteiger partial charge in [-0.15, -0.1) is 12.4 Å². The Kier molecular flexibility index (Phi) is 3.63. The van der Waals surface area contributed by atoms with Crippen LogP contribution in [-0.4, -0.2) is 25.3 Å². The van der Waals surface area contributed by atoms with Gasteiger partial charge >= 0.3 is 0 Å². The zero-order valence-electron chi connectivity index (χ0n) is 6.71. The fraction of sp³-hybridized carbons (Fsp3) is 1.00. The zero-order chi connectivity index (χ0) is 6.81. The van der Waals surface area contributed by atoms with Crippen molar-refractivity contribution >= 4 is 12.4 Å². The number of hydrogen-bond acceptors (Lipinski definition) is 2. The van der Waals surface area contributed by atoms with Crippen LogP contribution in [-0.2, 0) is 4.74 Å². The molecule has 0 aromatic heterocycles. The van der Waals surface area contributed by atoms with Crippen LogP contribution in [0.4, 0.5) is 0 Å². The highest BCUT2D eigenvalue weighted by atomic mass is 35.5. The molecule has 0 spiro atoms. The summed E-state index contributed by atoms with van der Waals surface area (Å²) in [7, 11) is 0. The van der Waals surface area contributed by atoms with E-state index in [4.69, 9.17) is 4.74 Å². The van der Waals surface area contributed by atoms with Crippen LogP contribution in [0.15, 0.2) is 0 Å². The number of ether oxygens (including phenoxy) is 1. The summed E-state index contributed by atoms with van der Waals surface area (Å²) in [6, 6.07) is 0.683. The van der Waals surface area contributed by atoms with Gasteiger partial charge in [-0.25, -0.2) is 0 Å². The maximum atomic E-state index is 5.62. The Morgan fingerprint density at radius 1 is 1.18 bits per heavy atom. The standard InChI is InChI=1S/C8H15NO.ClH/c1-2-4-8-7(3-1)9-5-6-10-8;/h7-9H,1-6H2;1H/t7-,8+;/m0./s1. The number of nitrogens with one attached hydrogen (secondary N) is 1. The van der Waals surface area contributed by atoms with Gasteiger partial charge in [-0.1, -0.05) is 12.8 Å². The molecular weight excluding hydrogens is 162 g/mol. The monoisotopic (exact) mass is 177 g/mol. The van der Waals surface area contributed by atoms with E-state index in [1.807, 2.05) is 0 Å². The summed E-state index contributed by atoms with van der Waals surface area (Å²) < 4.78 is 5.62. The van der Waals surface area contributed by atoms with Crippen molar-refractivity contribution in [3.63, 3.8) is 0 Å². The fourth-order valence-electron chi connectivity index (χ4n) is 1.98. The third-order valence-corrected chi connectivity index (χ3v) is 2.54. The first-order valence-electron chi connectivity index (χ1n) is 4.32. The van der Waals surface area contributed by atoms with Crippen LogP contribution in [0, 0.1) is 0 Å². The molecule has 66 valence electrons. The maximum absolute atomic E-state index is 5.62. The van der Waals surface area contributed by atoms with Gasteiger partial charge in [-0.2, -0.15) is 0 Å². The molecule has 2 fully saturated rings. The van der Waals surface area contributed by atoms with Gasteiger partial charge in [0.15, 0.2) is 0 Å². The summed E-state index contributed by atoms with van der Waals surface area (Å²) in [5.41, 5.74) is 0. The second kappa shape index (κ2) is 4.29. The molecule has 2 rings (SSSR count). The minimum atomic E-state index is 0. The summed E-state index contributed by atoms with van der Waals surface area (Å²) in [5.74, 6) is 0. The minimum Gasteiger partial charge on any atom is -0.375 e. The lowest BCUT2D eigenvalue weighted by Gasteiger charge is -2.36. The molecule has 0 aromatic rings. The molecule has 0 radical (unpaired) electrons. The lowest BCUT2D eigenvalue weighted by Crippen LogP contribution is -2.49. The van der Waals surface area contributed by atoms with E-state index in [0.717, 1.165) is 13.2 Å². The van der Waals surface area contributed by atoms with E-state index < -0.39 is 0 Å². The van der Waals surface area contributed by atoms with Crippen molar-refractivity contribution in [2.45, 2.75) is 37.8 Å². The average Bonchev–Trinajstić information content (AvgIpc) is 2.05. The van der Waals surface area contributed by atoms with Crippen LogP contribution in [0.5, 0.6) is 0 Å². The molecule has 1 heterocycles. The van der Waals surface area contributed by atoms with Gasteiger partial charge in [0.1, 0.15) is 0 Å². The first kappa shape index (κ1) is 9.30. The van der Waals surface area contributed by atoms with E-state index in [9.17, 15) is 0 Å². The van der Waals surface area contributed by atoms with Crippen LogP contribution < -0.4 is 5.32 Å². The molecule has 11 heavy (non-hydrogen) atoms. The summed E-state index contributed by atoms with van der Waals surface area (Å²) in [5, 5.41) is 3.50. The van der Waals surface area contributed by atoms with Gasteiger partial charge in [0, 0.05) is 12.6 Å². The Morgan fingerprint density at radius 3 is 2.82 bits per heavy atom. The van der Waals surface area contributed by atoms with Crippen LogP contribution in [0.2, 0.25) is 0 Å². The number of fused-ring (bicyclic) bond motifs is 1. The second-order valence-electron chi connectivity index (χ2n) is 3.25. The van der Waals surface area contributed by atoms with Gasteiger partial charge in [0.05, 0.1) is 12.7 Å². The smallest absolute Gasteiger partial charge is 0.0728 e. The first-order valence-corrected chi connectivity index (χ1v) is 4.32.